The van der Waals surface area contributed by atoms with Gasteiger partial charge >= 0.3 is 5.97 Å². The maximum Gasteiger partial charge on any atom is 0.340 e. The molecule has 5 nitrogen and oxygen atoms in total. The van der Waals surface area contributed by atoms with E-state index >= 15 is 0 Å². The molecule has 1 aliphatic rings. The molecule has 2 rings (SSSR count). The van der Waals surface area contributed by atoms with Crippen molar-refractivity contribution in [2.24, 2.45) is 11.8 Å². The summed E-state index contributed by atoms with van der Waals surface area (Å²) >= 11 is 0. The predicted octanol–water partition coefficient (Wildman–Crippen LogP) is 2.69. The zero-order valence-corrected chi connectivity index (χ0v) is 12.3. The number of nitrogens with zero attached hydrogens (tertiary/aromatic N) is 1. The number of aromatic nitrogens is 1. The van der Waals surface area contributed by atoms with Gasteiger partial charge in [-0.3, -0.25) is 0 Å². The van der Waals surface area contributed by atoms with Crippen molar-refractivity contribution in [1.82, 2.24) is 4.98 Å². The molecule has 1 aliphatic carbocycles. The third-order valence-electron chi connectivity index (χ3n) is 3.87. The number of hydrogen-bond donors (Lipinski definition) is 2. The van der Waals surface area contributed by atoms with E-state index in [1.54, 1.807) is 6.07 Å². The first-order chi connectivity index (χ1) is 9.49. The first-order valence-electron chi connectivity index (χ1n) is 7.10. The van der Waals surface area contributed by atoms with Crippen LogP contribution in [0, 0.1) is 11.8 Å². The standard InChI is InChI=1S/C15H23N3O2/c1-9-4-10(2)6-11(5-9)18-14-7-12(15(19)20-3)13(16)8-17-14/h7-11H,4-6,16H2,1-3H3,(H,17,18). The average Bonchev–Trinajstić information content (AvgIpc) is 2.39. The molecule has 1 fully saturated rings. The van der Waals surface area contributed by atoms with Crippen molar-refractivity contribution >= 4 is 17.5 Å². The van der Waals surface area contributed by atoms with Crippen LogP contribution in [0.25, 0.3) is 0 Å². The fourth-order valence-corrected chi connectivity index (χ4v) is 3.11. The van der Waals surface area contributed by atoms with E-state index in [1.165, 1.54) is 19.7 Å². The summed E-state index contributed by atoms with van der Waals surface area (Å²) in [6.07, 6.45) is 5.04. The number of nitrogens with two attached hydrogens (primary N) is 1. The number of methoxy groups -OCH3 is 1. The molecule has 0 radical (unpaired) electrons. The number of nitrogen functional groups attached to an aromatic ring is 1. The minimum absolute atomic E-state index is 0.341. The van der Waals surface area contributed by atoms with Crippen molar-refractivity contribution in [2.45, 2.75) is 39.2 Å². The molecule has 2 unspecified atom stereocenters. The Morgan fingerprint density at radius 2 is 2.00 bits per heavy atom. The maximum atomic E-state index is 11.6. The smallest absolute Gasteiger partial charge is 0.340 e. The number of hydrogen-bond acceptors (Lipinski definition) is 5. The van der Waals surface area contributed by atoms with E-state index in [0.29, 0.717) is 34.9 Å². The second-order valence-corrected chi connectivity index (χ2v) is 5.91. The van der Waals surface area contributed by atoms with Gasteiger partial charge in [0, 0.05) is 6.04 Å². The van der Waals surface area contributed by atoms with Gasteiger partial charge in [0.25, 0.3) is 0 Å². The second-order valence-electron chi connectivity index (χ2n) is 5.91. The van der Waals surface area contributed by atoms with Crippen LogP contribution in [0.15, 0.2) is 12.3 Å². The molecule has 1 aromatic heterocycles. The van der Waals surface area contributed by atoms with Crippen LogP contribution in [0.5, 0.6) is 0 Å². The van der Waals surface area contributed by atoms with Gasteiger partial charge in [-0.05, 0) is 37.2 Å². The number of carbonyl (C=O) groups excluding carboxylic acids is 1. The quantitative estimate of drug-likeness (QED) is 0.831. The molecule has 1 heterocycles. The Morgan fingerprint density at radius 1 is 1.35 bits per heavy atom. The number of esters is 1. The molecule has 20 heavy (non-hydrogen) atoms. The Kier molecular flexibility index (Phi) is 4.47. The normalized spacial score (nSPS) is 26.1. The van der Waals surface area contributed by atoms with Crippen LogP contribution in [0.4, 0.5) is 11.5 Å². The Bertz CT molecular complexity index is 480. The molecule has 0 aliphatic heterocycles. The molecule has 0 saturated heterocycles. The Morgan fingerprint density at radius 3 is 2.60 bits per heavy atom. The summed E-state index contributed by atoms with van der Waals surface area (Å²) in [7, 11) is 1.35. The highest BCUT2D eigenvalue weighted by molar-refractivity contribution is 5.95. The number of pyridine rings is 1. The van der Waals surface area contributed by atoms with Crippen LogP contribution in [0.2, 0.25) is 0 Å². The van der Waals surface area contributed by atoms with E-state index in [0.717, 1.165) is 12.8 Å². The molecule has 0 amide bonds. The highest BCUT2D eigenvalue weighted by atomic mass is 16.5. The molecule has 0 bridgehead atoms. The molecule has 0 aromatic carbocycles. The number of ether oxygens (including phenoxy) is 1. The number of nitrogens with one attached hydrogen (secondary N) is 1. The summed E-state index contributed by atoms with van der Waals surface area (Å²) in [6.45, 7) is 4.56. The highest BCUT2D eigenvalue weighted by Gasteiger charge is 2.24. The molecule has 5 heteroatoms. The van der Waals surface area contributed by atoms with Crippen molar-refractivity contribution in [3.8, 4) is 0 Å². The predicted molar refractivity (Wildman–Crippen MR) is 79.6 cm³/mol. The SMILES string of the molecule is COC(=O)c1cc(NC2CC(C)CC(C)C2)ncc1N. The van der Waals surface area contributed by atoms with Gasteiger partial charge in [0.1, 0.15) is 5.82 Å². The Hall–Kier alpha value is -1.78. The summed E-state index contributed by atoms with van der Waals surface area (Å²) in [4.78, 5) is 15.9. The van der Waals surface area contributed by atoms with Gasteiger partial charge in [0.05, 0.1) is 24.6 Å². The largest absolute Gasteiger partial charge is 0.465 e. The Balaban J connectivity index is 2.11. The monoisotopic (exact) mass is 277 g/mol. The summed E-state index contributed by atoms with van der Waals surface area (Å²) in [5, 5.41) is 3.41. The first-order valence-corrected chi connectivity index (χ1v) is 7.10. The summed E-state index contributed by atoms with van der Waals surface area (Å²) in [5.41, 5.74) is 6.46. The lowest BCUT2D eigenvalue weighted by Gasteiger charge is -2.32. The zero-order chi connectivity index (χ0) is 14.7. The summed E-state index contributed by atoms with van der Waals surface area (Å²) in [5.74, 6) is 1.68. The van der Waals surface area contributed by atoms with E-state index in [2.05, 4.69) is 24.1 Å². The van der Waals surface area contributed by atoms with Crippen LogP contribution >= 0.6 is 0 Å². The van der Waals surface area contributed by atoms with Gasteiger partial charge in [0.2, 0.25) is 0 Å². The molecule has 3 N–H and O–H groups in total. The van der Waals surface area contributed by atoms with Crippen molar-refractivity contribution in [1.29, 1.82) is 0 Å². The van der Waals surface area contributed by atoms with Crippen molar-refractivity contribution in [2.75, 3.05) is 18.2 Å². The zero-order valence-electron chi connectivity index (χ0n) is 12.3. The van der Waals surface area contributed by atoms with Gasteiger partial charge in [-0.2, -0.15) is 0 Å². The first kappa shape index (κ1) is 14.6. The van der Waals surface area contributed by atoms with Crippen LogP contribution in [-0.2, 0) is 4.74 Å². The third kappa shape index (κ3) is 3.40. The third-order valence-corrected chi connectivity index (χ3v) is 3.87. The fourth-order valence-electron chi connectivity index (χ4n) is 3.11. The molecule has 1 aromatic rings. The molecular weight excluding hydrogens is 254 g/mol. The average molecular weight is 277 g/mol. The Labute approximate surface area is 119 Å². The van der Waals surface area contributed by atoms with Gasteiger partial charge in [-0.25, -0.2) is 9.78 Å². The fraction of sp³-hybridized carbons (Fsp3) is 0.600. The van der Waals surface area contributed by atoms with E-state index in [-0.39, 0.29) is 0 Å². The van der Waals surface area contributed by atoms with Crippen LogP contribution in [0.1, 0.15) is 43.5 Å². The number of rotatable bonds is 3. The van der Waals surface area contributed by atoms with Gasteiger partial charge in [-0.1, -0.05) is 13.8 Å². The van der Waals surface area contributed by atoms with Gasteiger partial charge in [0.15, 0.2) is 0 Å². The highest BCUT2D eigenvalue weighted by Crippen LogP contribution is 2.30. The van der Waals surface area contributed by atoms with Crippen molar-refractivity contribution < 1.29 is 9.53 Å². The van der Waals surface area contributed by atoms with Crippen LogP contribution in [-0.4, -0.2) is 24.1 Å². The van der Waals surface area contributed by atoms with E-state index in [9.17, 15) is 4.79 Å². The minimum Gasteiger partial charge on any atom is -0.465 e. The lowest BCUT2D eigenvalue weighted by Crippen LogP contribution is -2.30. The van der Waals surface area contributed by atoms with Gasteiger partial charge in [-0.15, -0.1) is 0 Å². The molecule has 0 spiro atoms. The van der Waals surface area contributed by atoms with Gasteiger partial charge < -0.3 is 15.8 Å². The molecule has 2 atom stereocenters. The van der Waals surface area contributed by atoms with E-state index in [1.807, 2.05) is 0 Å². The van der Waals surface area contributed by atoms with Crippen LogP contribution in [0.3, 0.4) is 0 Å². The summed E-state index contributed by atoms with van der Waals surface area (Å²) in [6, 6.07) is 2.07. The van der Waals surface area contributed by atoms with Crippen molar-refractivity contribution in [3.63, 3.8) is 0 Å². The second kappa shape index (κ2) is 6.11. The number of anilines is 2. The topological polar surface area (TPSA) is 77.2 Å². The molecular formula is C15H23N3O2. The molecule has 1 saturated carbocycles. The van der Waals surface area contributed by atoms with E-state index in [4.69, 9.17) is 10.5 Å². The molecule has 110 valence electrons. The van der Waals surface area contributed by atoms with E-state index < -0.39 is 5.97 Å². The van der Waals surface area contributed by atoms with Crippen molar-refractivity contribution in [3.05, 3.63) is 17.8 Å². The van der Waals surface area contributed by atoms with Crippen LogP contribution < -0.4 is 11.1 Å². The summed E-state index contributed by atoms with van der Waals surface area (Å²) < 4.78 is 4.72. The lowest BCUT2D eigenvalue weighted by molar-refractivity contribution is 0.0602. The maximum absolute atomic E-state index is 11.6. The minimum atomic E-state index is -0.432. The lowest BCUT2D eigenvalue weighted by atomic mass is 9.80. The number of carbonyl (C=O) groups is 1.